The molecule has 0 radical (unpaired) electrons. The second kappa shape index (κ2) is 10.2. The highest BCUT2D eigenvalue weighted by Gasteiger charge is 2.13. The van der Waals surface area contributed by atoms with Gasteiger partial charge in [0.1, 0.15) is 11.5 Å². The van der Waals surface area contributed by atoms with E-state index in [1.807, 2.05) is 0 Å². The SMILES string of the molecule is COc1ccc(OCC(=O)N(C)CCc2noc(COc3ccccc3F)n2)cc1. The van der Waals surface area contributed by atoms with Gasteiger partial charge in [0.05, 0.1) is 7.11 Å². The lowest BCUT2D eigenvalue weighted by molar-refractivity contribution is -0.132. The van der Waals surface area contributed by atoms with E-state index in [2.05, 4.69) is 10.1 Å². The Morgan fingerprint density at radius 2 is 1.83 bits per heavy atom. The molecule has 0 saturated heterocycles. The molecule has 8 nitrogen and oxygen atoms in total. The van der Waals surface area contributed by atoms with Crippen molar-refractivity contribution in [1.82, 2.24) is 15.0 Å². The molecule has 0 aliphatic heterocycles. The first-order valence-electron chi connectivity index (χ1n) is 9.25. The van der Waals surface area contributed by atoms with E-state index >= 15 is 0 Å². The molecule has 0 aliphatic carbocycles. The van der Waals surface area contributed by atoms with Crippen LogP contribution in [-0.4, -0.2) is 48.3 Å². The predicted octanol–water partition coefficient (Wildman–Crippen LogP) is 2.88. The molecule has 2 aromatic carbocycles. The molecule has 1 heterocycles. The highest BCUT2D eigenvalue weighted by atomic mass is 19.1. The number of rotatable bonds is 10. The van der Waals surface area contributed by atoms with Crippen molar-refractivity contribution in [3.05, 3.63) is 66.1 Å². The molecule has 3 aromatic rings. The van der Waals surface area contributed by atoms with Crippen molar-refractivity contribution in [3.8, 4) is 17.2 Å². The van der Waals surface area contributed by atoms with Gasteiger partial charge in [-0.1, -0.05) is 17.3 Å². The minimum absolute atomic E-state index is 0.0432. The van der Waals surface area contributed by atoms with Crippen molar-refractivity contribution >= 4 is 5.91 Å². The van der Waals surface area contributed by atoms with Crippen LogP contribution in [0.5, 0.6) is 17.2 Å². The minimum Gasteiger partial charge on any atom is -0.497 e. The molecule has 0 N–H and O–H groups in total. The van der Waals surface area contributed by atoms with Crippen molar-refractivity contribution in [2.75, 3.05) is 27.3 Å². The second-order valence-electron chi connectivity index (χ2n) is 6.35. The molecule has 30 heavy (non-hydrogen) atoms. The summed E-state index contributed by atoms with van der Waals surface area (Å²) in [5, 5.41) is 3.85. The van der Waals surface area contributed by atoms with Crippen LogP contribution in [0.15, 0.2) is 53.1 Å². The fourth-order valence-electron chi connectivity index (χ4n) is 2.47. The minimum atomic E-state index is -0.464. The Morgan fingerprint density at radius 1 is 1.10 bits per heavy atom. The topological polar surface area (TPSA) is 86.9 Å². The first-order valence-corrected chi connectivity index (χ1v) is 9.25. The Labute approximate surface area is 173 Å². The van der Waals surface area contributed by atoms with Crippen LogP contribution < -0.4 is 14.2 Å². The van der Waals surface area contributed by atoms with E-state index in [0.717, 1.165) is 0 Å². The molecule has 0 aliphatic rings. The Kier molecular flexibility index (Phi) is 7.20. The number of halogens is 1. The lowest BCUT2D eigenvalue weighted by Gasteiger charge is -2.16. The Balaban J connectivity index is 1.41. The van der Waals surface area contributed by atoms with Gasteiger partial charge in [-0.05, 0) is 36.4 Å². The zero-order valence-electron chi connectivity index (χ0n) is 16.7. The summed E-state index contributed by atoms with van der Waals surface area (Å²) < 4.78 is 34.5. The van der Waals surface area contributed by atoms with E-state index in [9.17, 15) is 9.18 Å². The summed E-state index contributed by atoms with van der Waals surface area (Å²) in [6.07, 6.45) is 0.397. The highest BCUT2D eigenvalue weighted by Crippen LogP contribution is 2.18. The number of nitrogens with zero attached hydrogens (tertiary/aromatic N) is 3. The van der Waals surface area contributed by atoms with Gasteiger partial charge >= 0.3 is 0 Å². The van der Waals surface area contributed by atoms with E-state index in [1.54, 1.807) is 50.6 Å². The summed E-state index contributed by atoms with van der Waals surface area (Å²) in [7, 11) is 3.25. The third-order valence-electron chi connectivity index (χ3n) is 4.22. The van der Waals surface area contributed by atoms with Crippen LogP contribution in [0.25, 0.3) is 0 Å². The second-order valence-corrected chi connectivity index (χ2v) is 6.35. The molecular weight excluding hydrogens is 393 g/mol. The molecule has 1 amide bonds. The van der Waals surface area contributed by atoms with Gasteiger partial charge in [0, 0.05) is 20.0 Å². The number of ether oxygens (including phenoxy) is 3. The number of aromatic nitrogens is 2. The number of hydrogen-bond donors (Lipinski definition) is 0. The van der Waals surface area contributed by atoms with Crippen LogP contribution in [0.4, 0.5) is 4.39 Å². The Hall–Kier alpha value is -3.62. The van der Waals surface area contributed by atoms with E-state index in [0.29, 0.717) is 30.3 Å². The van der Waals surface area contributed by atoms with Gasteiger partial charge in [-0.25, -0.2) is 4.39 Å². The number of amides is 1. The van der Waals surface area contributed by atoms with Crippen LogP contribution in [0.2, 0.25) is 0 Å². The number of likely N-dealkylation sites (N-methyl/N-ethyl adjacent to an activating group) is 1. The van der Waals surface area contributed by atoms with Gasteiger partial charge in [-0.3, -0.25) is 4.79 Å². The monoisotopic (exact) mass is 415 g/mol. The number of carbonyl (C=O) groups excluding carboxylic acids is 1. The first-order chi connectivity index (χ1) is 14.5. The molecule has 158 valence electrons. The largest absolute Gasteiger partial charge is 0.497 e. The van der Waals surface area contributed by atoms with Gasteiger partial charge in [0.15, 0.2) is 30.6 Å². The molecule has 9 heteroatoms. The van der Waals surface area contributed by atoms with Crippen molar-refractivity contribution in [3.63, 3.8) is 0 Å². The van der Waals surface area contributed by atoms with Crippen LogP contribution in [0.3, 0.4) is 0 Å². The average molecular weight is 415 g/mol. The van der Waals surface area contributed by atoms with Gasteiger partial charge in [-0.2, -0.15) is 4.98 Å². The molecule has 1 aromatic heterocycles. The summed E-state index contributed by atoms with van der Waals surface area (Å²) in [5.41, 5.74) is 0. The van der Waals surface area contributed by atoms with Crippen LogP contribution in [-0.2, 0) is 17.8 Å². The highest BCUT2D eigenvalue weighted by molar-refractivity contribution is 5.77. The summed E-state index contributed by atoms with van der Waals surface area (Å²) in [5.74, 6) is 1.41. The Morgan fingerprint density at radius 3 is 2.57 bits per heavy atom. The normalized spacial score (nSPS) is 10.5. The molecule has 0 fully saturated rings. The van der Waals surface area contributed by atoms with Gasteiger partial charge in [-0.15, -0.1) is 0 Å². The third-order valence-corrected chi connectivity index (χ3v) is 4.22. The first kappa shape index (κ1) is 21.1. The fourth-order valence-corrected chi connectivity index (χ4v) is 2.47. The van der Waals surface area contributed by atoms with E-state index < -0.39 is 5.82 Å². The van der Waals surface area contributed by atoms with Gasteiger partial charge in [0.2, 0.25) is 0 Å². The summed E-state index contributed by atoms with van der Waals surface area (Å²) in [6.45, 7) is 0.257. The smallest absolute Gasteiger partial charge is 0.264 e. The molecule has 0 bridgehead atoms. The van der Waals surface area contributed by atoms with Crippen molar-refractivity contribution in [1.29, 1.82) is 0 Å². The maximum atomic E-state index is 13.5. The van der Waals surface area contributed by atoms with Crippen LogP contribution >= 0.6 is 0 Å². The number of hydrogen-bond acceptors (Lipinski definition) is 7. The number of benzene rings is 2. The molecular formula is C21H22FN3O5. The van der Waals surface area contributed by atoms with E-state index in [1.165, 1.54) is 17.0 Å². The van der Waals surface area contributed by atoms with E-state index in [-0.39, 0.29) is 30.8 Å². The maximum Gasteiger partial charge on any atom is 0.264 e. The third kappa shape index (κ3) is 5.94. The fraction of sp³-hybridized carbons (Fsp3) is 0.286. The number of para-hydroxylation sites is 1. The van der Waals surface area contributed by atoms with Crippen LogP contribution in [0.1, 0.15) is 11.7 Å². The molecule has 3 rings (SSSR count). The number of methoxy groups -OCH3 is 1. The summed E-state index contributed by atoms with van der Waals surface area (Å²) >= 11 is 0. The average Bonchev–Trinajstić information content (AvgIpc) is 3.23. The molecule has 0 spiro atoms. The lowest BCUT2D eigenvalue weighted by atomic mass is 10.3. The van der Waals surface area contributed by atoms with Gasteiger partial charge in [0.25, 0.3) is 11.8 Å². The van der Waals surface area contributed by atoms with Crippen molar-refractivity contribution in [2.24, 2.45) is 0 Å². The zero-order valence-corrected chi connectivity index (χ0v) is 16.7. The van der Waals surface area contributed by atoms with Crippen molar-refractivity contribution < 1.29 is 27.9 Å². The number of carbonyl (C=O) groups is 1. The molecule has 0 saturated carbocycles. The predicted molar refractivity (Wildman–Crippen MR) is 105 cm³/mol. The van der Waals surface area contributed by atoms with Crippen LogP contribution in [0, 0.1) is 5.82 Å². The lowest BCUT2D eigenvalue weighted by Crippen LogP contribution is -2.33. The quantitative estimate of drug-likeness (QED) is 0.503. The molecule has 0 atom stereocenters. The standard InChI is InChI=1S/C21H22FN3O5/c1-25(21(26)14-28-16-9-7-15(27-2)8-10-16)12-11-19-23-20(30-24-19)13-29-18-6-4-3-5-17(18)22/h3-10H,11-14H2,1-2H3. The zero-order chi connectivity index (χ0) is 21.3. The molecule has 0 unspecified atom stereocenters. The van der Waals surface area contributed by atoms with Crippen molar-refractivity contribution in [2.45, 2.75) is 13.0 Å². The summed E-state index contributed by atoms with van der Waals surface area (Å²) in [4.78, 5) is 17.9. The van der Waals surface area contributed by atoms with E-state index in [4.69, 9.17) is 18.7 Å². The Bertz CT molecular complexity index is 961. The van der Waals surface area contributed by atoms with Gasteiger partial charge < -0.3 is 23.6 Å². The maximum absolute atomic E-state index is 13.5. The summed E-state index contributed by atoms with van der Waals surface area (Å²) in [6, 6.07) is 13.0.